The maximum Gasteiger partial charge on any atom is 0.223 e. The summed E-state index contributed by atoms with van der Waals surface area (Å²) >= 11 is 1.71. The second-order valence-electron chi connectivity index (χ2n) is 7.39. The molecule has 1 amide bonds. The third-order valence-electron chi connectivity index (χ3n) is 5.45. The number of likely N-dealkylation sites (tertiary alicyclic amines) is 1. The summed E-state index contributed by atoms with van der Waals surface area (Å²) < 4.78 is 3.05. The normalized spacial score (nSPS) is 16.6. The van der Waals surface area contributed by atoms with Crippen LogP contribution in [0, 0.1) is 0 Å². The summed E-state index contributed by atoms with van der Waals surface area (Å²) in [4.78, 5) is 19.8. The van der Waals surface area contributed by atoms with Gasteiger partial charge in [-0.25, -0.2) is 9.67 Å². The smallest absolute Gasteiger partial charge is 0.223 e. The molecule has 0 N–H and O–H groups in total. The Morgan fingerprint density at radius 2 is 1.93 bits per heavy atom. The van der Waals surface area contributed by atoms with Gasteiger partial charge in [-0.3, -0.25) is 4.79 Å². The van der Waals surface area contributed by atoms with Crippen LogP contribution in [0.5, 0.6) is 0 Å². The highest BCUT2D eigenvalue weighted by Crippen LogP contribution is 2.36. The highest BCUT2D eigenvalue weighted by atomic mass is 32.1. The van der Waals surface area contributed by atoms with Gasteiger partial charge in [0.05, 0.1) is 28.1 Å². The number of hydrogen-bond acceptors (Lipinski definition) is 4. The number of benzene rings is 2. The number of aromatic nitrogens is 3. The fraction of sp³-hybridized carbons (Fsp3) is 0.261. The van der Waals surface area contributed by atoms with E-state index >= 15 is 0 Å². The quantitative estimate of drug-likeness (QED) is 0.483. The lowest BCUT2D eigenvalue weighted by Crippen LogP contribution is -2.30. The summed E-state index contributed by atoms with van der Waals surface area (Å²) in [7, 11) is 0. The minimum atomic E-state index is 0.118. The zero-order chi connectivity index (χ0) is 19.6. The molecule has 0 spiro atoms. The molecule has 146 valence electrons. The molecule has 29 heavy (non-hydrogen) atoms. The topological polar surface area (TPSA) is 51.0 Å². The van der Waals surface area contributed by atoms with Crippen LogP contribution in [-0.4, -0.2) is 32.1 Å². The van der Waals surface area contributed by atoms with Crippen molar-refractivity contribution in [2.45, 2.75) is 31.7 Å². The molecule has 0 radical (unpaired) electrons. The number of hydrogen-bond donors (Lipinski definition) is 0. The van der Waals surface area contributed by atoms with E-state index in [1.54, 1.807) is 11.3 Å². The fourth-order valence-electron chi connectivity index (χ4n) is 3.96. The molecule has 6 heteroatoms. The van der Waals surface area contributed by atoms with Crippen molar-refractivity contribution in [3.8, 4) is 5.69 Å². The van der Waals surface area contributed by atoms with Crippen LogP contribution in [0.1, 0.15) is 35.9 Å². The lowest BCUT2D eigenvalue weighted by atomic mass is 10.1. The average molecular weight is 403 g/mol. The molecular formula is C23H22N4OS. The first-order chi connectivity index (χ1) is 14.3. The Balaban J connectivity index is 1.26. The summed E-state index contributed by atoms with van der Waals surface area (Å²) in [6.45, 7) is 0.822. The van der Waals surface area contributed by atoms with Crippen molar-refractivity contribution in [3.63, 3.8) is 0 Å². The standard InChI is InChI=1S/C23H22N4OS/c28-22(13-12-17-15-24-27(16-17)18-7-2-1-3-8-18)26-14-6-10-20(26)23-25-19-9-4-5-11-21(19)29-23/h1-5,7-9,11,15-16,20H,6,10,12-14H2/t20-/m1/s1. The van der Waals surface area contributed by atoms with Gasteiger partial charge in [0.25, 0.3) is 0 Å². The predicted molar refractivity (Wildman–Crippen MR) is 115 cm³/mol. The number of amides is 1. The monoisotopic (exact) mass is 402 g/mol. The highest BCUT2D eigenvalue weighted by Gasteiger charge is 2.31. The average Bonchev–Trinajstić information content (AvgIpc) is 3.51. The van der Waals surface area contributed by atoms with Gasteiger partial charge in [-0.1, -0.05) is 30.3 Å². The number of fused-ring (bicyclic) bond motifs is 1. The van der Waals surface area contributed by atoms with Crippen molar-refractivity contribution in [2.75, 3.05) is 6.54 Å². The predicted octanol–water partition coefficient (Wildman–Crippen LogP) is 4.78. The molecule has 2 aromatic carbocycles. The zero-order valence-corrected chi connectivity index (χ0v) is 16.9. The van der Waals surface area contributed by atoms with Crippen molar-refractivity contribution >= 4 is 27.5 Å². The number of thiazole rings is 1. The Bertz CT molecular complexity index is 1100. The molecule has 1 aliphatic rings. The van der Waals surface area contributed by atoms with Crippen LogP contribution < -0.4 is 0 Å². The van der Waals surface area contributed by atoms with Gasteiger partial charge in [-0.05, 0) is 49.1 Å². The van der Waals surface area contributed by atoms with Crippen LogP contribution in [0.15, 0.2) is 67.0 Å². The van der Waals surface area contributed by atoms with Crippen molar-refractivity contribution < 1.29 is 4.79 Å². The van der Waals surface area contributed by atoms with Gasteiger partial charge in [-0.15, -0.1) is 11.3 Å². The maximum absolute atomic E-state index is 13.0. The lowest BCUT2D eigenvalue weighted by Gasteiger charge is -2.23. The van der Waals surface area contributed by atoms with E-state index in [1.165, 1.54) is 4.70 Å². The van der Waals surface area contributed by atoms with E-state index in [0.29, 0.717) is 12.8 Å². The van der Waals surface area contributed by atoms with E-state index in [-0.39, 0.29) is 11.9 Å². The van der Waals surface area contributed by atoms with E-state index in [1.807, 2.05) is 70.5 Å². The molecule has 5 nitrogen and oxygen atoms in total. The largest absolute Gasteiger partial charge is 0.333 e. The summed E-state index contributed by atoms with van der Waals surface area (Å²) in [5.74, 6) is 0.208. The molecule has 1 atom stereocenters. The number of aryl methyl sites for hydroxylation is 1. The Morgan fingerprint density at radius 3 is 2.79 bits per heavy atom. The molecule has 5 rings (SSSR count). The molecule has 1 saturated heterocycles. The van der Waals surface area contributed by atoms with Gasteiger partial charge in [0.15, 0.2) is 0 Å². The molecular weight excluding hydrogens is 380 g/mol. The van der Waals surface area contributed by atoms with E-state index in [9.17, 15) is 4.79 Å². The molecule has 0 unspecified atom stereocenters. The number of carbonyl (C=O) groups excluding carboxylic acids is 1. The molecule has 1 aliphatic heterocycles. The van der Waals surface area contributed by atoms with Gasteiger partial charge in [0.2, 0.25) is 5.91 Å². The molecule has 0 bridgehead atoms. The van der Waals surface area contributed by atoms with Crippen molar-refractivity contribution in [1.82, 2.24) is 19.7 Å². The Hall–Kier alpha value is -2.99. The first kappa shape index (κ1) is 18.1. The third kappa shape index (κ3) is 3.68. The highest BCUT2D eigenvalue weighted by molar-refractivity contribution is 7.18. The number of carbonyl (C=O) groups is 1. The molecule has 3 heterocycles. The van der Waals surface area contributed by atoms with Gasteiger partial charge < -0.3 is 4.90 Å². The van der Waals surface area contributed by atoms with Gasteiger partial charge in [-0.2, -0.15) is 5.10 Å². The van der Waals surface area contributed by atoms with Crippen LogP contribution in [0.2, 0.25) is 0 Å². The summed E-state index contributed by atoms with van der Waals surface area (Å²) in [5, 5.41) is 5.50. The minimum absolute atomic E-state index is 0.118. The molecule has 2 aromatic heterocycles. The number of rotatable bonds is 5. The minimum Gasteiger partial charge on any atom is -0.333 e. The summed E-state index contributed by atoms with van der Waals surface area (Å²) in [6, 6.07) is 18.3. The van der Waals surface area contributed by atoms with Crippen LogP contribution in [0.25, 0.3) is 15.9 Å². The first-order valence-electron chi connectivity index (χ1n) is 10.0. The first-order valence-corrected chi connectivity index (χ1v) is 10.8. The van der Waals surface area contributed by atoms with Crippen LogP contribution in [0.3, 0.4) is 0 Å². The Labute approximate surface area is 173 Å². The van der Waals surface area contributed by atoms with Gasteiger partial charge in [0, 0.05) is 19.2 Å². The van der Waals surface area contributed by atoms with E-state index < -0.39 is 0 Å². The second kappa shape index (κ2) is 7.79. The second-order valence-corrected chi connectivity index (χ2v) is 8.46. The van der Waals surface area contributed by atoms with Gasteiger partial charge >= 0.3 is 0 Å². The lowest BCUT2D eigenvalue weighted by molar-refractivity contribution is -0.132. The summed E-state index contributed by atoms with van der Waals surface area (Å²) in [5.41, 5.74) is 3.14. The molecule has 4 aromatic rings. The van der Waals surface area contributed by atoms with E-state index in [2.05, 4.69) is 11.2 Å². The number of para-hydroxylation sites is 2. The number of nitrogens with zero attached hydrogens (tertiary/aromatic N) is 4. The van der Waals surface area contributed by atoms with Crippen LogP contribution in [-0.2, 0) is 11.2 Å². The van der Waals surface area contributed by atoms with E-state index in [4.69, 9.17) is 4.98 Å². The Kier molecular flexibility index (Phi) is 4.86. The SMILES string of the molecule is O=C(CCc1cnn(-c2ccccc2)c1)N1CCC[C@@H]1c1nc2ccccc2s1. The van der Waals surface area contributed by atoms with E-state index in [0.717, 1.165) is 41.2 Å². The van der Waals surface area contributed by atoms with Gasteiger partial charge in [0.1, 0.15) is 5.01 Å². The van der Waals surface area contributed by atoms with Crippen molar-refractivity contribution in [1.29, 1.82) is 0 Å². The van der Waals surface area contributed by atoms with Crippen LogP contribution in [0.4, 0.5) is 0 Å². The molecule has 0 saturated carbocycles. The third-order valence-corrected chi connectivity index (χ3v) is 6.59. The fourth-order valence-corrected chi connectivity index (χ4v) is 5.08. The van der Waals surface area contributed by atoms with Crippen molar-refractivity contribution in [2.24, 2.45) is 0 Å². The van der Waals surface area contributed by atoms with Crippen LogP contribution >= 0.6 is 11.3 Å². The van der Waals surface area contributed by atoms with Crippen molar-refractivity contribution in [3.05, 3.63) is 77.6 Å². The zero-order valence-electron chi connectivity index (χ0n) is 16.1. The summed E-state index contributed by atoms with van der Waals surface area (Å²) in [6.07, 6.45) is 7.11. The molecule has 0 aliphatic carbocycles. The Morgan fingerprint density at radius 1 is 1.10 bits per heavy atom. The molecule has 1 fully saturated rings. The maximum atomic E-state index is 13.0.